The van der Waals surface area contributed by atoms with Gasteiger partial charge in [-0.1, -0.05) is 35.5 Å². The third-order valence-electron chi connectivity index (χ3n) is 4.04. The Labute approximate surface area is 165 Å². The van der Waals surface area contributed by atoms with Crippen LogP contribution < -0.4 is 0 Å². The highest BCUT2D eigenvalue weighted by Crippen LogP contribution is 2.27. The molecule has 0 aliphatic rings. The molecule has 27 heavy (non-hydrogen) atoms. The molecule has 0 aliphatic heterocycles. The lowest BCUT2D eigenvalue weighted by atomic mass is 10.1. The smallest absolute Gasteiger partial charge is 0.214 e. The van der Waals surface area contributed by atoms with Crippen LogP contribution >= 0.6 is 23.4 Å². The zero-order chi connectivity index (χ0) is 18.8. The van der Waals surface area contributed by atoms with Crippen molar-refractivity contribution in [3.63, 3.8) is 0 Å². The van der Waals surface area contributed by atoms with Crippen LogP contribution in [0, 0.1) is 13.8 Å². The number of aromatic nitrogens is 5. The SMILES string of the molecule is Cc1ccc(C)c(-n2nnnc2SCc2ncc(-c3ccc(Cl)cc3)o2)c1. The topological polar surface area (TPSA) is 69.6 Å². The Morgan fingerprint density at radius 2 is 1.93 bits per heavy atom. The summed E-state index contributed by atoms with van der Waals surface area (Å²) in [5.74, 6) is 1.84. The van der Waals surface area contributed by atoms with Crippen LogP contribution in [-0.2, 0) is 5.75 Å². The van der Waals surface area contributed by atoms with Gasteiger partial charge in [0.25, 0.3) is 0 Å². The van der Waals surface area contributed by atoms with E-state index in [1.165, 1.54) is 11.8 Å². The summed E-state index contributed by atoms with van der Waals surface area (Å²) < 4.78 is 7.59. The molecule has 0 aliphatic carbocycles. The summed E-state index contributed by atoms with van der Waals surface area (Å²) in [5.41, 5.74) is 4.17. The van der Waals surface area contributed by atoms with Gasteiger partial charge in [0, 0.05) is 10.6 Å². The summed E-state index contributed by atoms with van der Waals surface area (Å²) in [6.45, 7) is 4.09. The van der Waals surface area contributed by atoms with Gasteiger partial charge < -0.3 is 4.42 Å². The lowest BCUT2D eigenvalue weighted by Crippen LogP contribution is -2.02. The first kappa shape index (κ1) is 17.8. The van der Waals surface area contributed by atoms with E-state index >= 15 is 0 Å². The molecule has 4 aromatic rings. The van der Waals surface area contributed by atoms with Crippen molar-refractivity contribution in [2.75, 3.05) is 0 Å². The molecule has 0 unspecified atom stereocenters. The maximum absolute atomic E-state index is 5.93. The van der Waals surface area contributed by atoms with Crippen LogP contribution in [0.1, 0.15) is 17.0 Å². The van der Waals surface area contributed by atoms with Crippen molar-refractivity contribution in [1.82, 2.24) is 25.2 Å². The summed E-state index contributed by atoms with van der Waals surface area (Å²) in [6.07, 6.45) is 1.72. The van der Waals surface area contributed by atoms with E-state index in [4.69, 9.17) is 16.0 Å². The van der Waals surface area contributed by atoms with Crippen LogP contribution in [0.3, 0.4) is 0 Å². The molecule has 0 amide bonds. The van der Waals surface area contributed by atoms with Crippen molar-refractivity contribution in [2.45, 2.75) is 24.8 Å². The van der Waals surface area contributed by atoms with E-state index in [1.54, 1.807) is 10.9 Å². The fraction of sp³-hybridized carbons (Fsp3) is 0.158. The minimum absolute atomic E-state index is 0.527. The van der Waals surface area contributed by atoms with Gasteiger partial charge in [-0.15, -0.1) is 5.10 Å². The third kappa shape index (κ3) is 3.89. The van der Waals surface area contributed by atoms with Crippen LogP contribution in [0.4, 0.5) is 0 Å². The summed E-state index contributed by atoms with van der Waals surface area (Å²) in [6, 6.07) is 13.7. The third-order valence-corrected chi connectivity index (χ3v) is 5.20. The van der Waals surface area contributed by atoms with Crippen molar-refractivity contribution in [1.29, 1.82) is 0 Å². The Hall–Kier alpha value is -2.64. The molecule has 6 nitrogen and oxygen atoms in total. The Balaban J connectivity index is 1.51. The number of oxazole rings is 1. The molecule has 2 aromatic carbocycles. The number of benzene rings is 2. The van der Waals surface area contributed by atoms with E-state index < -0.39 is 0 Å². The number of nitrogens with zero attached hydrogens (tertiary/aromatic N) is 5. The van der Waals surface area contributed by atoms with Gasteiger partial charge in [-0.2, -0.15) is 4.68 Å². The van der Waals surface area contributed by atoms with Gasteiger partial charge in [0.1, 0.15) is 0 Å². The van der Waals surface area contributed by atoms with E-state index in [9.17, 15) is 0 Å². The van der Waals surface area contributed by atoms with Crippen molar-refractivity contribution in [3.8, 4) is 17.0 Å². The highest BCUT2D eigenvalue weighted by molar-refractivity contribution is 7.98. The molecule has 0 N–H and O–H groups in total. The minimum atomic E-state index is 0.527. The zero-order valence-electron chi connectivity index (χ0n) is 14.8. The molecule has 2 heterocycles. The first-order chi connectivity index (χ1) is 13.1. The van der Waals surface area contributed by atoms with Crippen LogP contribution in [0.5, 0.6) is 0 Å². The minimum Gasteiger partial charge on any atom is -0.440 e. The van der Waals surface area contributed by atoms with Crippen LogP contribution in [-0.4, -0.2) is 25.2 Å². The maximum atomic E-state index is 5.93. The fourth-order valence-corrected chi connectivity index (χ4v) is 3.48. The second-order valence-corrected chi connectivity index (χ2v) is 7.46. The number of tetrazole rings is 1. The highest BCUT2D eigenvalue weighted by Gasteiger charge is 2.14. The largest absolute Gasteiger partial charge is 0.440 e. The molecule has 2 aromatic heterocycles. The second kappa shape index (κ2) is 7.54. The Bertz CT molecular complexity index is 1070. The van der Waals surface area contributed by atoms with Crippen LogP contribution in [0.2, 0.25) is 5.02 Å². The van der Waals surface area contributed by atoms with Gasteiger partial charge in [-0.05, 0) is 65.7 Å². The normalized spacial score (nSPS) is 11.1. The molecule has 0 atom stereocenters. The maximum Gasteiger partial charge on any atom is 0.214 e. The summed E-state index contributed by atoms with van der Waals surface area (Å²) in [7, 11) is 0. The van der Waals surface area contributed by atoms with Gasteiger partial charge in [-0.25, -0.2) is 4.98 Å². The van der Waals surface area contributed by atoms with Gasteiger partial charge in [-0.3, -0.25) is 0 Å². The van der Waals surface area contributed by atoms with Crippen molar-refractivity contribution in [3.05, 3.63) is 70.7 Å². The first-order valence-electron chi connectivity index (χ1n) is 8.29. The van der Waals surface area contributed by atoms with Gasteiger partial charge in [0.2, 0.25) is 11.0 Å². The quantitative estimate of drug-likeness (QED) is 0.447. The average Bonchev–Trinajstić information content (AvgIpc) is 3.32. The number of halogens is 1. The lowest BCUT2D eigenvalue weighted by molar-refractivity contribution is 0.529. The number of hydrogen-bond acceptors (Lipinski definition) is 6. The molecule has 0 bridgehead atoms. The molecule has 136 valence electrons. The standard InChI is InChI=1S/C19H16ClN5OS/c1-12-3-4-13(2)16(9-12)25-19(22-23-24-25)27-11-18-21-10-17(26-18)14-5-7-15(20)8-6-14/h3-10H,11H2,1-2H3. The number of aryl methyl sites for hydroxylation is 2. The zero-order valence-corrected chi connectivity index (χ0v) is 16.3. The predicted molar refractivity (Wildman–Crippen MR) is 105 cm³/mol. The molecule has 4 rings (SSSR count). The van der Waals surface area contributed by atoms with Crippen molar-refractivity contribution >= 4 is 23.4 Å². The number of hydrogen-bond donors (Lipinski definition) is 0. The van der Waals surface area contributed by atoms with E-state index in [-0.39, 0.29) is 0 Å². The van der Waals surface area contributed by atoms with Gasteiger partial charge in [0.05, 0.1) is 17.6 Å². The summed E-state index contributed by atoms with van der Waals surface area (Å²) in [4.78, 5) is 4.35. The summed E-state index contributed by atoms with van der Waals surface area (Å²) >= 11 is 7.40. The van der Waals surface area contributed by atoms with Crippen molar-refractivity contribution < 1.29 is 4.42 Å². The first-order valence-corrected chi connectivity index (χ1v) is 9.66. The molecule has 0 radical (unpaired) electrons. The molecule has 0 spiro atoms. The highest BCUT2D eigenvalue weighted by atomic mass is 35.5. The monoisotopic (exact) mass is 397 g/mol. The summed E-state index contributed by atoms with van der Waals surface area (Å²) in [5, 5.41) is 13.5. The second-order valence-electron chi connectivity index (χ2n) is 6.08. The van der Waals surface area contributed by atoms with E-state index in [0.717, 1.165) is 22.4 Å². The number of thioether (sulfide) groups is 1. The van der Waals surface area contributed by atoms with Gasteiger partial charge in [0.15, 0.2) is 5.76 Å². The van der Waals surface area contributed by atoms with Gasteiger partial charge >= 0.3 is 0 Å². The van der Waals surface area contributed by atoms with E-state index in [2.05, 4.69) is 38.7 Å². The fourth-order valence-electron chi connectivity index (χ4n) is 2.62. The molecule has 0 fully saturated rings. The lowest BCUT2D eigenvalue weighted by Gasteiger charge is -2.08. The molecular weight excluding hydrogens is 382 g/mol. The Morgan fingerprint density at radius 3 is 2.74 bits per heavy atom. The molecule has 0 saturated carbocycles. The molecule has 8 heteroatoms. The molecule has 0 saturated heterocycles. The van der Waals surface area contributed by atoms with Crippen molar-refractivity contribution in [2.24, 2.45) is 0 Å². The molecular formula is C19H16ClN5OS. The number of rotatable bonds is 5. The van der Waals surface area contributed by atoms with E-state index in [0.29, 0.717) is 27.6 Å². The Kier molecular flexibility index (Phi) is 4.96. The van der Waals surface area contributed by atoms with Crippen LogP contribution in [0.15, 0.2) is 58.2 Å². The van der Waals surface area contributed by atoms with E-state index in [1.807, 2.05) is 38.1 Å². The van der Waals surface area contributed by atoms with Crippen LogP contribution in [0.25, 0.3) is 17.0 Å². The average molecular weight is 398 g/mol. The predicted octanol–water partition coefficient (Wildman–Crippen LogP) is 4.88. The Morgan fingerprint density at radius 1 is 1.11 bits per heavy atom.